The summed E-state index contributed by atoms with van der Waals surface area (Å²) in [5, 5.41) is 13.6. The van der Waals surface area contributed by atoms with Crippen LogP contribution in [-0.2, 0) is 39.2 Å². The number of fused-ring (bicyclic) bond motifs is 1. The molecule has 15 nitrogen and oxygen atoms in total. The molecule has 1 aromatic carbocycles. The van der Waals surface area contributed by atoms with E-state index in [1.54, 1.807) is 20.8 Å². The highest BCUT2D eigenvalue weighted by molar-refractivity contribution is 8.13. The van der Waals surface area contributed by atoms with Crippen molar-refractivity contribution in [3.63, 3.8) is 0 Å². The van der Waals surface area contributed by atoms with E-state index in [-0.39, 0.29) is 66.2 Å². The molecule has 1 aliphatic heterocycles. The second-order valence-electron chi connectivity index (χ2n) is 12.9. The second kappa shape index (κ2) is 18.0. The van der Waals surface area contributed by atoms with Gasteiger partial charge in [0.15, 0.2) is 28.2 Å². The molecule has 0 spiro atoms. The maximum Gasteiger partial charge on any atom is 0.405 e. The van der Waals surface area contributed by atoms with Crippen LogP contribution >= 0.6 is 19.5 Å². The van der Waals surface area contributed by atoms with Crippen molar-refractivity contribution in [2.24, 2.45) is 5.41 Å². The molecule has 4 rings (SSSR count). The summed E-state index contributed by atoms with van der Waals surface area (Å²) in [7, 11) is -4.12. The van der Waals surface area contributed by atoms with Crippen LogP contribution in [0.2, 0.25) is 0 Å². The van der Waals surface area contributed by atoms with Crippen LogP contribution in [0.25, 0.3) is 11.2 Å². The number of anilines is 1. The number of carbonyl (C=O) groups excluding carboxylic acids is 2. The van der Waals surface area contributed by atoms with E-state index < -0.39 is 43.9 Å². The highest BCUT2D eigenvalue weighted by atomic mass is 32.2. The van der Waals surface area contributed by atoms with Gasteiger partial charge in [0.2, 0.25) is 11.8 Å². The van der Waals surface area contributed by atoms with Crippen LogP contribution in [-0.4, -0.2) is 85.8 Å². The Balaban J connectivity index is 1.39. The number of aliphatic hydroxyl groups excluding tert-OH is 1. The molecule has 51 heavy (non-hydrogen) atoms. The standard InChI is InChI=1S/C33H48FN6O9PS/c1-6-8-10-15-24(41)46-20-32(3,4)30(43)51-17-16-47-50(44,37-18-22-13-11-9-12-14-22)48-19-23-26(42)33(5,34)29(49-23)40-21-36-25-27(40)38-31(35)39-28(25)45-7-2/h9,11-14,21,23,26,29,42H,6-8,10,15-20H2,1-5H3,(H,37,44)(H2,35,38,39)/t23?,26-,29?,33-,50?/m1/s1. The number of benzene rings is 1. The molecular weight excluding hydrogens is 706 g/mol. The van der Waals surface area contributed by atoms with Gasteiger partial charge in [-0.05, 0) is 39.7 Å². The van der Waals surface area contributed by atoms with Crippen molar-refractivity contribution in [1.82, 2.24) is 24.6 Å². The number of halogens is 1. The van der Waals surface area contributed by atoms with Crippen molar-refractivity contribution >= 4 is 47.7 Å². The number of unbranched alkanes of at least 4 members (excludes halogenated alkanes) is 2. The minimum absolute atomic E-state index is 0.0635. The SMILES string of the molecule is CCCCCC(=O)OCC(C)(C)C(=O)SCCOP(=O)(NCc1ccccc1)OCC1OC(n2cnc3c(OCC)nc(N)nc32)[C@](C)(F)[C@@H]1O. The van der Waals surface area contributed by atoms with Crippen molar-refractivity contribution < 1.29 is 46.9 Å². The minimum Gasteiger partial charge on any atom is -0.476 e. The van der Waals surface area contributed by atoms with Crippen LogP contribution in [0.5, 0.6) is 5.88 Å². The fourth-order valence-corrected chi connectivity index (χ4v) is 7.38. The van der Waals surface area contributed by atoms with Gasteiger partial charge >= 0.3 is 13.7 Å². The first-order valence-corrected chi connectivity index (χ1v) is 19.4. The minimum atomic E-state index is -4.12. The van der Waals surface area contributed by atoms with Crippen molar-refractivity contribution in [2.45, 2.75) is 91.0 Å². The number of hydrogen-bond acceptors (Lipinski definition) is 14. The van der Waals surface area contributed by atoms with E-state index in [1.807, 2.05) is 37.3 Å². The van der Waals surface area contributed by atoms with Gasteiger partial charge in [0.1, 0.15) is 18.8 Å². The van der Waals surface area contributed by atoms with Gasteiger partial charge < -0.3 is 25.1 Å². The number of hydrogen-bond donors (Lipinski definition) is 3. The number of alkyl halides is 1. The number of imidazole rings is 1. The van der Waals surface area contributed by atoms with Gasteiger partial charge in [0.05, 0.1) is 31.6 Å². The van der Waals surface area contributed by atoms with E-state index in [1.165, 1.54) is 10.9 Å². The van der Waals surface area contributed by atoms with Crippen LogP contribution in [0.15, 0.2) is 36.7 Å². The van der Waals surface area contributed by atoms with E-state index in [2.05, 4.69) is 20.0 Å². The topological polar surface area (TPSA) is 199 Å². The zero-order chi connectivity index (χ0) is 37.2. The zero-order valence-corrected chi connectivity index (χ0v) is 31.3. The molecule has 1 fully saturated rings. The predicted molar refractivity (Wildman–Crippen MR) is 189 cm³/mol. The van der Waals surface area contributed by atoms with E-state index in [0.717, 1.165) is 43.5 Å². The predicted octanol–water partition coefficient (Wildman–Crippen LogP) is 5.13. The fraction of sp³-hybridized carbons (Fsp3) is 0.606. The van der Waals surface area contributed by atoms with Crippen LogP contribution in [0.3, 0.4) is 0 Å². The first kappa shape index (κ1) is 40.6. The molecule has 0 radical (unpaired) electrons. The Bertz CT molecular complexity index is 1660. The smallest absolute Gasteiger partial charge is 0.405 e. The molecule has 18 heteroatoms. The zero-order valence-electron chi connectivity index (χ0n) is 29.6. The number of nitrogens with two attached hydrogens (primary N) is 1. The number of nitrogens with zero attached hydrogens (tertiary/aromatic N) is 4. The summed E-state index contributed by atoms with van der Waals surface area (Å²) >= 11 is 0.949. The van der Waals surface area contributed by atoms with Gasteiger partial charge in [-0.2, -0.15) is 9.97 Å². The number of carbonyl (C=O) groups is 2. The van der Waals surface area contributed by atoms with Gasteiger partial charge in [-0.15, -0.1) is 0 Å². The van der Waals surface area contributed by atoms with E-state index in [9.17, 15) is 19.3 Å². The maximum absolute atomic E-state index is 16.2. The van der Waals surface area contributed by atoms with E-state index >= 15 is 4.39 Å². The third kappa shape index (κ3) is 10.7. The molecule has 0 amide bonds. The molecule has 3 aromatic rings. The number of esters is 1. The normalized spacial score (nSPS) is 21.8. The van der Waals surface area contributed by atoms with Crippen molar-refractivity contribution in [3.05, 3.63) is 42.2 Å². The number of ether oxygens (including phenoxy) is 3. The summed E-state index contributed by atoms with van der Waals surface area (Å²) < 4.78 is 59.6. The second-order valence-corrected chi connectivity index (χ2v) is 15.7. The lowest BCUT2D eigenvalue weighted by Crippen LogP contribution is -2.40. The summed E-state index contributed by atoms with van der Waals surface area (Å²) in [4.78, 5) is 37.5. The summed E-state index contributed by atoms with van der Waals surface area (Å²) in [6, 6.07) is 9.10. The van der Waals surface area contributed by atoms with Gasteiger partial charge in [-0.3, -0.25) is 23.2 Å². The number of aromatic nitrogens is 4. The Hall–Kier alpha value is -3.18. The van der Waals surface area contributed by atoms with Crippen LogP contribution < -0.4 is 15.6 Å². The van der Waals surface area contributed by atoms with Crippen LogP contribution in [0.4, 0.5) is 10.3 Å². The molecule has 0 saturated carbocycles. The molecular formula is C33H48FN6O9PS. The molecule has 2 aromatic heterocycles. The first-order valence-electron chi connectivity index (χ1n) is 16.9. The Morgan fingerprint density at radius 1 is 1.20 bits per heavy atom. The molecule has 5 atom stereocenters. The Morgan fingerprint density at radius 3 is 2.65 bits per heavy atom. The van der Waals surface area contributed by atoms with Crippen molar-refractivity contribution in [1.29, 1.82) is 0 Å². The molecule has 0 aliphatic carbocycles. The third-order valence-corrected chi connectivity index (χ3v) is 10.8. The summed E-state index contributed by atoms with van der Waals surface area (Å²) in [5.74, 6) is -0.240. The maximum atomic E-state index is 16.2. The lowest BCUT2D eigenvalue weighted by atomic mass is 9.97. The fourth-order valence-electron chi connectivity index (χ4n) is 5.15. The quantitative estimate of drug-likeness (QED) is 0.0778. The Kier molecular flexibility index (Phi) is 14.4. The lowest BCUT2D eigenvalue weighted by molar-refractivity contribution is -0.147. The lowest BCUT2D eigenvalue weighted by Gasteiger charge is -2.25. The number of rotatable bonds is 20. The largest absolute Gasteiger partial charge is 0.476 e. The monoisotopic (exact) mass is 754 g/mol. The van der Waals surface area contributed by atoms with Crippen molar-refractivity contribution in [3.8, 4) is 5.88 Å². The highest BCUT2D eigenvalue weighted by Gasteiger charge is 2.56. The number of nitrogen functional groups attached to an aromatic ring is 1. The molecule has 3 heterocycles. The van der Waals surface area contributed by atoms with Gasteiger partial charge in [-0.1, -0.05) is 61.9 Å². The summed E-state index contributed by atoms with van der Waals surface area (Å²) in [5.41, 5.74) is 3.68. The van der Waals surface area contributed by atoms with Gasteiger partial charge in [0, 0.05) is 18.7 Å². The Morgan fingerprint density at radius 2 is 1.94 bits per heavy atom. The third-order valence-electron chi connectivity index (χ3n) is 8.09. The molecule has 0 bridgehead atoms. The van der Waals surface area contributed by atoms with Crippen LogP contribution in [0, 0.1) is 5.41 Å². The van der Waals surface area contributed by atoms with Gasteiger partial charge in [0.25, 0.3) is 0 Å². The molecule has 1 aliphatic rings. The Labute approximate surface area is 301 Å². The van der Waals surface area contributed by atoms with Crippen LogP contribution in [0.1, 0.15) is 72.1 Å². The van der Waals surface area contributed by atoms with E-state index in [0.29, 0.717) is 6.42 Å². The molecule has 3 unspecified atom stereocenters. The number of thioether (sulfide) groups is 1. The molecule has 4 N–H and O–H groups in total. The molecule has 282 valence electrons. The average Bonchev–Trinajstić information content (AvgIpc) is 3.61. The van der Waals surface area contributed by atoms with E-state index in [4.69, 9.17) is 29.0 Å². The molecule has 1 saturated heterocycles. The highest BCUT2D eigenvalue weighted by Crippen LogP contribution is 2.48. The van der Waals surface area contributed by atoms with Gasteiger partial charge in [-0.25, -0.2) is 19.0 Å². The summed E-state index contributed by atoms with van der Waals surface area (Å²) in [6.07, 6.45) is -0.196. The van der Waals surface area contributed by atoms with Crippen molar-refractivity contribution in [2.75, 3.05) is 37.9 Å². The number of aliphatic hydroxyl groups is 1. The number of nitrogens with one attached hydrogen (secondary N) is 1. The summed E-state index contributed by atoms with van der Waals surface area (Å²) in [6.45, 7) is 7.96. The first-order chi connectivity index (χ1) is 24.2. The average molecular weight is 755 g/mol.